The van der Waals surface area contributed by atoms with Crippen molar-refractivity contribution in [2.45, 2.75) is 12.1 Å². The van der Waals surface area contributed by atoms with E-state index >= 15 is 0 Å². The molecular weight excluding hydrogens is 222 g/mol. The maximum atomic E-state index is 11.2. The zero-order valence-corrected chi connectivity index (χ0v) is 9.51. The summed E-state index contributed by atoms with van der Waals surface area (Å²) < 4.78 is 5.31. The first-order valence-electron chi connectivity index (χ1n) is 5.33. The molecule has 2 heterocycles. The number of rotatable bonds is 4. The van der Waals surface area contributed by atoms with Gasteiger partial charge in [-0.3, -0.25) is 4.79 Å². The van der Waals surface area contributed by atoms with Gasteiger partial charge in [-0.05, 0) is 0 Å². The summed E-state index contributed by atoms with van der Waals surface area (Å²) in [6.45, 7) is 1.51. The molecule has 1 aliphatic rings. The first-order valence-corrected chi connectivity index (χ1v) is 5.33. The van der Waals surface area contributed by atoms with Crippen molar-refractivity contribution in [3.63, 3.8) is 0 Å². The van der Waals surface area contributed by atoms with E-state index < -0.39 is 5.91 Å². The molecule has 7 nitrogen and oxygen atoms in total. The molecular formula is C10H15N5O2. The number of hydrogen-bond acceptors (Lipinski definition) is 6. The fraction of sp³-hybridized carbons (Fsp3) is 0.500. The molecule has 1 aliphatic heterocycles. The van der Waals surface area contributed by atoms with Crippen LogP contribution in [0.3, 0.4) is 0 Å². The van der Waals surface area contributed by atoms with E-state index in [0.29, 0.717) is 5.82 Å². The molecule has 0 bridgehead atoms. The molecule has 7 heteroatoms. The number of anilines is 1. The number of ether oxygens (including phenoxy) is 1. The molecule has 1 aromatic heterocycles. The van der Waals surface area contributed by atoms with Gasteiger partial charge in [0.2, 0.25) is 0 Å². The predicted octanol–water partition coefficient (Wildman–Crippen LogP) is -1.03. The summed E-state index contributed by atoms with van der Waals surface area (Å²) in [5.41, 5.74) is 5.38. The molecule has 2 rings (SSSR count). The number of hydrogen-bond donors (Lipinski definition) is 3. The highest BCUT2D eigenvalue weighted by atomic mass is 16.5. The van der Waals surface area contributed by atoms with Gasteiger partial charge in [0.1, 0.15) is 0 Å². The number of primary amides is 1. The van der Waals surface area contributed by atoms with E-state index in [0.717, 1.165) is 13.1 Å². The molecule has 4 N–H and O–H groups in total. The van der Waals surface area contributed by atoms with Crippen molar-refractivity contribution in [1.82, 2.24) is 15.3 Å². The van der Waals surface area contributed by atoms with Crippen LogP contribution < -0.4 is 16.4 Å². The van der Waals surface area contributed by atoms with Gasteiger partial charge in [0.05, 0.1) is 12.1 Å². The second kappa shape index (κ2) is 5.07. The number of nitrogens with one attached hydrogen (secondary N) is 2. The SMILES string of the molecule is CO[C@H]1CNCC1Nc1nccnc1C(N)=O. The van der Waals surface area contributed by atoms with Crippen molar-refractivity contribution in [2.24, 2.45) is 5.73 Å². The summed E-state index contributed by atoms with van der Waals surface area (Å²) in [7, 11) is 1.65. The third kappa shape index (κ3) is 2.51. The van der Waals surface area contributed by atoms with Crippen LogP contribution in [0, 0.1) is 0 Å². The minimum atomic E-state index is -0.597. The molecule has 0 spiro atoms. The summed E-state index contributed by atoms with van der Waals surface area (Å²) in [5, 5.41) is 6.32. The van der Waals surface area contributed by atoms with Crippen LogP contribution in [0.25, 0.3) is 0 Å². The molecule has 1 saturated heterocycles. The molecule has 1 amide bonds. The Balaban J connectivity index is 2.15. The molecule has 17 heavy (non-hydrogen) atoms. The summed E-state index contributed by atoms with van der Waals surface area (Å²) in [5.74, 6) is -0.198. The number of methoxy groups -OCH3 is 1. The normalized spacial score (nSPS) is 23.6. The second-order valence-corrected chi connectivity index (χ2v) is 3.80. The maximum absolute atomic E-state index is 11.2. The highest BCUT2D eigenvalue weighted by molar-refractivity contribution is 5.95. The van der Waals surface area contributed by atoms with Crippen LogP contribution >= 0.6 is 0 Å². The third-order valence-electron chi connectivity index (χ3n) is 2.72. The highest BCUT2D eigenvalue weighted by Crippen LogP contribution is 2.13. The average molecular weight is 237 g/mol. The molecule has 0 radical (unpaired) electrons. The molecule has 1 unspecified atom stereocenters. The lowest BCUT2D eigenvalue weighted by Crippen LogP contribution is -2.35. The Morgan fingerprint density at radius 2 is 2.29 bits per heavy atom. The predicted molar refractivity (Wildman–Crippen MR) is 61.6 cm³/mol. The van der Waals surface area contributed by atoms with Crippen LogP contribution in [-0.4, -0.2) is 48.2 Å². The van der Waals surface area contributed by atoms with Gasteiger partial charge in [0, 0.05) is 32.6 Å². The quantitative estimate of drug-likeness (QED) is 0.619. The molecule has 2 atom stereocenters. The van der Waals surface area contributed by atoms with Crippen molar-refractivity contribution in [3.8, 4) is 0 Å². The fourth-order valence-electron chi connectivity index (χ4n) is 1.85. The zero-order valence-electron chi connectivity index (χ0n) is 9.51. The van der Waals surface area contributed by atoms with E-state index in [4.69, 9.17) is 10.5 Å². The van der Waals surface area contributed by atoms with Crippen LogP contribution in [0.4, 0.5) is 5.82 Å². The first-order chi connectivity index (χ1) is 8.22. The van der Waals surface area contributed by atoms with Crippen molar-refractivity contribution >= 4 is 11.7 Å². The fourth-order valence-corrected chi connectivity index (χ4v) is 1.85. The molecule has 0 saturated carbocycles. The van der Waals surface area contributed by atoms with Gasteiger partial charge in [0.25, 0.3) is 5.91 Å². The van der Waals surface area contributed by atoms with E-state index in [-0.39, 0.29) is 17.8 Å². The van der Waals surface area contributed by atoms with Gasteiger partial charge in [-0.1, -0.05) is 0 Å². The zero-order chi connectivity index (χ0) is 12.3. The molecule has 0 aromatic carbocycles. The van der Waals surface area contributed by atoms with Crippen LogP contribution in [0.15, 0.2) is 12.4 Å². The summed E-state index contributed by atoms with van der Waals surface area (Å²) >= 11 is 0. The minimum Gasteiger partial charge on any atom is -0.378 e. The first kappa shape index (κ1) is 11.7. The van der Waals surface area contributed by atoms with Crippen LogP contribution in [0.2, 0.25) is 0 Å². The Hall–Kier alpha value is -1.73. The maximum Gasteiger partial charge on any atom is 0.271 e. The van der Waals surface area contributed by atoms with Crippen molar-refractivity contribution in [3.05, 3.63) is 18.1 Å². The van der Waals surface area contributed by atoms with Crippen LogP contribution in [-0.2, 0) is 4.74 Å². The van der Waals surface area contributed by atoms with Gasteiger partial charge < -0.3 is 21.1 Å². The number of aromatic nitrogens is 2. The molecule has 92 valence electrons. The Bertz CT molecular complexity index is 411. The lowest BCUT2D eigenvalue weighted by molar-refractivity contribution is 0.0994. The molecule has 1 fully saturated rings. The van der Waals surface area contributed by atoms with Crippen molar-refractivity contribution < 1.29 is 9.53 Å². The van der Waals surface area contributed by atoms with Crippen molar-refractivity contribution in [1.29, 1.82) is 0 Å². The number of carbonyl (C=O) groups excluding carboxylic acids is 1. The van der Waals surface area contributed by atoms with E-state index in [1.165, 1.54) is 12.4 Å². The monoisotopic (exact) mass is 237 g/mol. The number of nitrogens with two attached hydrogens (primary N) is 1. The average Bonchev–Trinajstić information content (AvgIpc) is 2.77. The van der Waals surface area contributed by atoms with Crippen molar-refractivity contribution in [2.75, 3.05) is 25.5 Å². The van der Waals surface area contributed by atoms with Gasteiger partial charge in [-0.15, -0.1) is 0 Å². The summed E-state index contributed by atoms with van der Waals surface area (Å²) in [6, 6.07) is 0.0507. The van der Waals surface area contributed by atoms with Gasteiger partial charge in [0.15, 0.2) is 11.5 Å². The van der Waals surface area contributed by atoms with E-state index in [2.05, 4.69) is 20.6 Å². The minimum absolute atomic E-state index is 0.0396. The standard InChI is InChI=1S/C10H15N5O2/c1-17-7-5-12-4-6(7)15-10-8(9(11)16)13-2-3-14-10/h2-3,6-7,12H,4-5H2,1H3,(H2,11,16)(H,14,15)/t6?,7-/m0/s1. The van der Waals surface area contributed by atoms with Gasteiger partial charge in [-0.25, -0.2) is 9.97 Å². The number of carbonyl (C=O) groups is 1. The topological polar surface area (TPSA) is 102 Å². The Morgan fingerprint density at radius 3 is 3.00 bits per heavy atom. The lowest BCUT2D eigenvalue weighted by atomic mass is 10.2. The van der Waals surface area contributed by atoms with Crippen LogP contribution in [0.5, 0.6) is 0 Å². The van der Waals surface area contributed by atoms with E-state index in [1.807, 2.05) is 0 Å². The second-order valence-electron chi connectivity index (χ2n) is 3.80. The van der Waals surface area contributed by atoms with E-state index in [9.17, 15) is 4.79 Å². The third-order valence-corrected chi connectivity index (χ3v) is 2.72. The summed E-state index contributed by atoms with van der Waals surface area (Å²) in [6.07, 6.45) is 2.99. The lowest BCUT2D eigenvalue weighted by Gasteiger charge is -2.19. The van der Waals surface area contributed by atoms with Gasteiger partial charge in [-0.2, -0.15) is 0 Å². The number of amides is 1. The smallest absolute Gasteiger partial charge is 0.271 e. The Morgan fingerprint density at radius 1 is 1.53 bits per heavy atom. The molecule has 1 aromatic rings. The summed E-state index contributed by atoms with van der Waals surface area (Å²) in [4.78, 5) is 19.2. The van der Waals surface area contributed by atoms with Crippen LogP contribution in [0.1, 0.15) is 10.5 Å². The molecule has 0 aliphatic carbocycles. The van der Waals surface area contributed by atoms with E-state index in [1.54, 1.807) is 7.11 Å². The Labute approximate surface area is 98.8 Å². The largest absolute Gasteiger partial charge is 0.378 e. The van der Waals surface area contributed by atoms with Gasteiger partial charge >= 0.3 is 0 Å². The Kier molecular flexibility index (Phi) is 3.50. The highest BCUT2D eigenvalue weighted by Gasteiger charge is 2.28. The number of nitrogens with zero attached hydrogens (tertiary/aromatic N) is 2.